The van der Waals surface area contributed by atoms with Crippen LogP contribution in [0.4, 0.5) is 18.9 Å². The number of hydrogen-bond donors (Lipinski definition) is 1. The summed E-state index contributed by atoms with van der Waals surface area (Å²) >= 11 is 6.15. The van der Waals surface area contributed by atoms with Crippen molar-refractivity contribution in [3.8, 4) is 11.5 Å². The molecule has 1 saturated heterocycles. The molecule has 0 saturated carbocycles. The molecule has 3 aromatic rings. The van der Waals surface area contributed by atoms with Crippen LogP contribution in [0.1, 0.15) is 17.3 Å². The number of ether oxygens (including phenoxy) is 2. The number of aliphatic hydroxyl groups excluding tert-OH is 1. The van der Waals surface area contributed by atoms with Gasteiger partial charge in [-0.3, -0.25) is 19.5 Å². The Bertz CT molecular complexity index is 1330. The van der Waals surface area contributed by atoms with Gasteiger partial charge in [-0.1, -0.05) is 23.7 Å². The van der Waals surface area contributed by atoms with E-state index in [2.05, 4.69) is 9.72 Å². The molecule has 1 amide bonds. The van der Waals surface area contributed by atoms with E-state index in [9.17, 15) is 27.9 Å². The molecule has 4 rings (SSSR count). The van der Waals surface area contributed by atoms with Gasteiger partial charge in [0.2, 0.25) is 0 Å². The number of carbonyl (C=O) groups excluding carboxylic acids is 2. The second kappa shape index (κ2) is 9.30. The van der Waals surface area contributed by atoms with E-state index in [0.29, 0.717) is 5.75 Å². The summed E-state index contributed by atoms with van der Waals surface area (Å²) in [5, 5.41) is 11.2. The van der Waals surface area contributed by atoms with E-state index in [1.54, 1.807) is 12.1 Å². The second-order valence-electron chi connectivity index (χ2n) is 7.32. The average Bonchev–Trinajstić information content (AvgIpc) is 3.08. The Morgan fingerprint density at radius 1 is 1.09 bits per heavy atom. The minimum atomic E-state index is -4.96. The van der Waals surface area contributed by atoms with Crippen LogP contribution in [0.5, 0.6) is 11.5 Å². The second-order valence-corrected chi connectivity index (χ2v) is 7.73. The smallest absolute Gasteiger partial charge is 0.507 e. The predicted molar refractivity (Wildman–Crippen MR) is 120 cm³/mol. The molecule has 1 atom stereocenters. The highest BCUT2D eigenvalue weighted by atomic mass is 35.5. The minimum absolute atomic E-state index is 0.0590. The average molecular weight is 505 g/mol. The molecule has 0 aliphatic carbocycles. The number of benzene rings is 2. The molecular weight excluding hydrogens is 489 g/mol. The molecule has 1 unspecified atom stereocenters. The predicted octanol–water partition coefficient (Wildman–Crippen LogP) is 5.27. The van der Waals surface area contributed by atoms with E-state index in [4.69, 9.17) is 16.3 Å². The minimum Gasteiger partial charge on any atom is -0.507 e. The zero-order chi connectivity index (χ0) is 25.3. The first kappa shape index (κ1) is 24.1. The molecule has 1 aliphatic heterocycles. The molecule has 2 heterocycles. The highest BCUT2D eigenvalue weighted by molar-refractivity contribution is 6.51. The SMILES string of the molecule is COc1ccc(/C(O)=C2\C(=O)C(=O)N(c3cccc(OC(F)(F)F)c3)C2c2ccccn2)cc1Cl. The number of nitrogens with zero attached hydrogens (tertiary/aromatic N) is 2. The van der Waals surface area contributed by atoms with Crippen molar-refractivity contribution in [3.05, 3.63) is 88.7 Å². The van der Waals surface area contributed by atoms with Gasteiger partial charge in [0, 0.05) is 23.5 Å². The molecule has 0 spiro atoms. The van der Waals surface area contributed by atoms with Crippen LogP contribution in [0, 0.1) is 0 Å². The number of amides is 1. The zero-order valence-electron chi connectivity index (χ0n) is 17.9. The normalized spacial score (nSPS) is 17.5. The maximum Gasteiger partial charge on any atom is 0.573 e. The van der Waals surface area contributed by atoms with Crippen molar-refractivity contribution in [3.63, 3.8) is 0 Å². The maximum absolute atomic E-state index is 13.1. The standard InChI is InChI=1S/C24H16ClF3N2O5/c1-34-18-9-8-13(11-16(18)25)21(31)19-20(17-7-2-3-10-29-17)30(23(33)22(19)32)14-5-4-6-15(12-14)35-24(26,27)28/h2-12,20,31H,1H3/b21-19+. The van der Waals surface area contributed by atoms with Crippen molar-refractivity contribution in [1.29, 1.82) is 0 Å². The first-order valence-electron chi connectivity index (χ1n) is 10.0. The fourth-order valence-corrected chi connectivity index (χ4v) is 3.97. The van der Waals surface area contributed by atoms with Gasteiger partial charge in [0.05, 0.1) is 23.4 Å². The number of alkyl halides is 3. The van der Waals surface area contributed by atoms with Crippen LogP contribution in [-0.2, 0) is 9.59 Å². The summed E-state index contributed by atoms with van der Waals surface area (Å²) < 4.78 is 47.3. The van der Waals surface area contributed by atoms with E-state index in [1.807, 2.05) is 0 Å². The van der Waals surface area contributed by atoms with Gasteiger partial charge in [-0.2, -0.15) is 0 Å². The number of methoxy groups -OCH3 is 1. The number of pyridine rings is 1. The van der Waals surface area contributed by atoms with Crippen LogP contribution < -0.4 is 14.4 Å². The quantitative estimate of drug-likeness (QED) is 0.289. The summed E-state index contributed by atoms with van der Waals surface area (Å²) in [5.41, 5.74) is -0.0349. The Morgan fingerprint density at radius 2 is 1.86 bits per heavy atom. The summed E-state index contributed by atoms with van der Waals surface area (Å²) in [6.45, 7) is 0. The summed E-state index contributed by atoms with van der Waals surface area (Å²) in [7, 11) is 1.41. The van der Waals surface area contributed by atoms with Gasteiger partial charge >= 0.3 is 6.36 Å². The third-order valence-corrected chi connectivity index (χ3v) is 5.46. The Hall–Kier alpha value is -4.05. The molecular formula is C24H16ClF3N2O5. The van der Waals surface area contributed by atoms with Crippen molar-refractivity contribution in [1.82, 2.24) is 4.98 Å². The lowest BCUT2D eigenvalue weighted by molar-refractivity contribution is -0.274. The highest BCUT2D eigenvalue weighted by Gasteiger charge is 2.48. The van der Waals surface area contributed by atoms with Gasteiger partial charge in [-0.15, -0.1) is 13.2 Å². The van der Waals surface area contributed by atoms with E-state index >= 15 is 0 Å². The van der Waals surface area contributed by atoms with E-state index in [-0.39, 0.29) is 27.5 Å². The number of aliphatic hydroxyl groups is 1. The molecule has 11 heteroatoms. The molecule has 0 bridgehead atoms. The molecule has 35 heavy (non-hydrogen) atoms. The summed E-state index contributed by atoms with van der Waals surface area (Å²) in [6.07, 6.45) is -3.54. The zero-order valence-corrected chi connectivity index (χ0v) is 18.7. The van der Waals surface area contributed by atoms with Crippen LogP contribution in [0.15, 0.2) is 72.4 Å². The molecule has 1 aromatic heterocycles. The van der Waals surface area contributed by atoms with Crippen LogP contribution in [0.3, 0.4) is 0 Å². The number of aromatic nitrogens is 1. The first-order valence-corrected chi connectivity index (χ1v) is 10.4. The Labute approximate surface area is 202 Å². The van der Waals surface area contributed by atoms with Gasteiger partial charge in [0.15, 0.2) is 0 Å². The van der Waals surface area contributed by atoms with Crippen molar-refractivity contribution in [2.24, 2.45) is 0 Å². The highest BCUT2D eigenvalue weighted by Crippen LogP contribution is 2.43. The Balaban J connectivity index is 1.89. The first-order chi connectivity index (χ1) is 16.6. The van der Waals surface area contributed by atoms with Crippen molar-refractivity contribution >= 4 is 34.7 Å². The molecule has 1 fully saturated rings. The summed E-state index contributed by atoms with van der Waals surface area (Å²) in [5.74, 6) is -2.91. The topological polar surface area (TPSA) is 89.0 Å². The number of hydrogen-bond acceptors (Lipinski definition) is 6. The number of halogens is 4. The van der Waals surface area contributed by atoms with Crippen molar-refractivity contribution < 1.29 is 37.3 Å². The number of carbonyl (C=O) groups is 2. The Morgan fingerprint density at radius 3 is 2.49 bits per heavy atom. The lowest BCUT2D eigenvalue weighted by atomic mass is 9.98. The monoisotopic (exact) mass is 504 g/mol. The maximum atomic E-state index is 13.1. The van der Waals surface area contributed by atoms with Crippen LogP contribution in [-0.4, -0.2) is 35.3 Å². The third-order valence-electron chi connectivity index (χ3n) is 5.17. The third kappa shape index (κ3) is 4.78. The molecule has 1 aliphatic rings. The summed E-state index contributed by atoms with van der Waals surface area (Å²) in [4.78, 5) is 31.4. The molecule has 180 valence electrons. The van der Waals surface area contributed by atoms with E-state index < -0.39 is 35.6 Å². The number of rotatable bonds is 5. The molecule has 0 radical (unpaired) electrons. The fraction of sp³-hybridized carbons (Fsp3) is 0.125. The fourth-order valence-electron chi connectivity index (χ4n) is 3.72. The Kier molecular flexibility index (Phi) is 6.40. The molecule has 2 aromatic carbocycles. The van der Waals surface area contributed by atoms with Gasteiger partial charge < -0.3 is 14.6 Å². The molecule has 1 N–H and O–H groups in total. The van der Waals surface area contributed by atoms with Crippen LogP contribution in [0.2, 0.25) is 5.02 Å². The van der Waals surface area contributed by atoms with Gasteiger partial charge in [0.25, 0.3) is 11.7 Å². The number of anilines is 1. The largest absolute Gasteiger partial charge is 0.573 e. The summed E-state index contributed by atoms with van der Waals surface area (Å²) in [6, 6.07) is 12.4. The van der Waals surface area contributed by atoms with Gasteiger partial charge in [-0.25, -0.2) is 0 Å². The lowest BCUT2D eigenvalue weighted by Crippen LogP contribution is -2.30. The van der Waals surface area contributed by atoms with Gasteiger partial charge in [-0.05, 0) is 42.5 Å². The van der Waals surface area contributed by atoms with Crippen molar-refractivity contribution in [2.45, 2.75) is 12.4 Å². The van der Waals surface area contributed by atoms with Crippen molar-refractivity contribution in [2.75, 3.05) is 12.0 Å². The van der Waals surface area contributed by atoms with Crippen LogP contribution in [0.25, 0.3) is 5.76 Å². The van der Waals surface area contributed by atoms with E-state index in [1.165, 1.54) is 49.7 Å². The molecule has 7 nitrogen and oxygen atoms in total. The number of Topliss-reactive ketones (excluding diaryl/α,β-unsaturated/α-hetero) is 1. The number of ketones is 1. The van der Waals surface area contributed by atoms with E-state index in [0.717, 1.165) is 17.0 Å². The van der Waals surface area contributed by atoms with Crippen LogP contribution >= 0.6 is 11.6 Å². The lowest BCUT2D eigenvalue weighted by Gasteiger charge is -2.25. The van der Waals surface area contributed by atoms with Gasteiger partial charge in [0.1, 0.15) is 23.3 Å².